The highest BCUT2D eigenvalue weighted by Crippen LogP contribution is 2.36. The molecular formula is C16H19N5O. The molecule has 6 heteroatoms. The number of likely N-dealkylation sites (tertiary alicyclic amines) is 1. The number of hydrogen-bond acceptors (Lipinski definition) is 4. The van der Waals surface area contributed by atoms with E-state index in [0.717, 1.165) is 25.2 Å². The molecule has 2 fully saturated rings. The molecule has 0 N–H and O–H groups in total. The minimum absolute atomic E-state index is 0.207. The van der Waals surface area contributed by atoms with Gasteiger partial charge in [-0.15, -0.1) is 0 Å². The van der Waals surface area contributed by atoms with Gasteiger partial charge in [0.15, 0.2) is 0 Å². The van der Waals surface area contributed by atoms with E-state index in [0.29, 0.717) is 12.5 Å². The molecule has 0 radical (unpaired) electrons. The summed E-state index contributed by atoms with van der Waals surface area (Å²) < 4.78 is 1.82. The lowest BCUT2D eigenvalue weighted by Crippen LogP contribution is -2.37. The smallest absolute Gasteiger partial charge is 0.229 e. The van der Waals surface area contributed by atoms with E-state index in [1.54, 1.807) is 12.4 Å². The van der Waals surface area contributed by atoms with Crippen LogP contribution in [0.5, 0.6) is 0 Å². The number of rotatable bonds is 3. The molecule has 2 aromatic rings. The zero-order valence-corrected chi connectivity index (χ0v) is 12.6. The van der Waals surface area contributed by atoms with Gasteiger partial charge in [0.2, 0.25) is 5.91 Å². The van der Waals surface area contributed by atoms with E-state index in [2.05, 4.69) is 15.0 Å². The van der Waals surface area contributed by atoms with Gasteiger partial charge < -0.3 is 4.90 Å². The van der Waals surface area contributed by atoms with Crippen LogP contribution in [0.15, 0.2) is 36.9 Å². The van der Waals surface area contributed by atoms with Crippen LogP contribution < -0.4 is 4.90 Å². The molecule has 0 spiro atoms. The van der Waals surface area contributed by atoms with Crippen LogP contribution in [0, 0.1) is 0 Å². The maximum absolute atomic E-state index is 12.4. The molecule has 2 aliphatic rings. The van der Waals surface area contributed by atoms with Gasteiger partial charge in [-0.2, -0.15) is 5.10 Å². The summed E-state index contributed by atoms with van der Waals surface area (Å²) in [5.41, 5.74) is 2.12. The quantitative estimate of drug-likeness (QED) is 0.854. The first-order chi connectivity index (χ1) is 10.7. The molecule has 0 saturated carbocycles. The van der Waals surface area contributed by atoms with Crippen LogP contribution in [0.4, 0.5) is 5.69 Å². The lowest BCUT2D eigenvalue weighted by molar-refractivity contribution is -0.117. The number of carbonyl (C=O) groups excluding carboxylic acids is 1. The molecule has 2 unspecified atom stereocenters. The third-order valence-electron chi connectivity index (χ3n) is 4.68. The summed E-state index contributed by atoms with van der Waals surface area (Å²) in [6.07, 6.45) is 9.09. The largest absolute Gasteiger partial charge is 0.306 e. The van der Waals surface area contributed by atoms with Crippen molar-refractivity contribution in [1.29, 1.82) is 0 Å². The molecule has 1 amide bonds. The van der Waals surface area contributed by atoms with Gasteiger partial charge in [0.25, 0.3) is 0 Å². The van der Waals surface area contributed by atoms with Gasteiger partial charge in [0.1, 0.15) is 0 Å². The van der Waals surface area contributed by atoms with Crippen LogP contribution in [0.1, 0.15) is 18.4 Å². The molecule has 114 valence electrons. The first-order valence-electron chi connectivity index (χ1n) is 7.66. The second-order valence-electron chi connectivity index (χ2n) is 6.10. The van der Waals surface area contributed by atoms with E-state index >= 15 is 0 Å². The SMILES string of the molecule is Cn1cc(CN2CCC3C2CC(=O)N3c2cccnc2)cn1. The highest BCUT2D eigenvalue weighted by Gasteiger charge is 2.47. The highest BCUT2D eigenvalue weighted by atomic mass is 16.2. The van der Waals surface area contributed by atoms with Crippen molar-refractivity contribution in [1.82, 2.24) is 19.7 Å². The molecule has 0 aliphatic carbocycles. The van der Waals surface area contributed by atoms with Crippen molar-refractivity contribution in [2.24, 2.45) is 7.05 Å². The molecule has 4 heterocycles. The predicted octanol–water partition coefficient (Wildman–Crippen LogP) is 1.19. The van der Waals surface area contributed by atoms with Crippen molar-refractivity contribution in [3.05, 3.63) is 42.5 Å². The Bertz CT molecular complexity index is 683. The number of anilines is 1. The summed E-state index contributed by atoms with van der Waals surface area (Å²) in [6.45, 7) is 1.89. The van der Waals surface area contributed by atoms with Gasteiger partial charge in [0, 0.05) is 50.6 Å². The number of aromatic nitrogens is 3. The van der Waals surface area contributed by atoms with Gasteiger partial charge in [-0.25, -0.2) is 0 Å². The Morgan fingerprint density at radius 3 is 2.95 bits per heavy atom. The van der Waals surface area contributed by atoms with Crippen molar-refractivity contribution in [2.75, 3.05) is 11.4 Å². The van der Waals surface area contributed by atoms with Gasteiger partial charge in [-0.3, -0.25) is 19.4 Å². The minimum atomic E-state index is 0.207. The normalized spacial score (nSPS) is 25.0. The molecule has 2 saturated heterocycles. The Morgan fingerprint density at radius 1 is 1.32 bits per heavy atom. The Balaban J connectivity index is 1.54. The number of carbonyl (C=O) groups is 1. The highest BCUT2D eigenvalue weighted by molar-refractivity contribution is 5.97. The van der Waals surface area contributed by atoms with Gasteiger partial charge in [0.05, 0.1) is 24.1 Å². The summed E-state index contributed by atoms with van der Waals surface area (Å²) in [4.78, 5) is 21.0. The molecule has 2 aliphatic heterocycles. The first-order valence-corrected chi connectivity index (χ1v) is 7.66. The monoisotopic (exact) mass is 297 g/mol. The second-order valence-corrected chi connectivity index (χ2v) is 6.10. The molecule has 2 aromatic heterocycles. The van der Waals surface area contributed by atoms with E-state index in [9.17, 15) is 4.79 Å². The van der Waals surface area contributed by atoms with E-state index in [4.69, 9.17) is 0 Å². The minimum Gasteiger partial charge on any atom is -0.306 e. The fourth-order valence-corrected chi connectivity index (χ4v) is 3.74. The van der Waals surface area contributed by atoms with Gasteiger partial charge >= 0.3 is 0 Å². The van der Waals surface area contributed by atoms with Crippen molar-refractivity contribution < 1.29 is 4.79 Å². The average molecular weight is 297 g/mol. The molecular weight excluding hydrogens is 278 g/mol. The van der Waals surface area contributed by atoms with Crippen LogP contribution in [0.3, 0.4) is 0 Å². The summed E-state index contributed by atoms with van der Waals surface area (Å²) in [5, 5.41) is 4.23. The van der Waals surface area contributed by atoms with Gasteiger partial charge in [-0.05, 0) is 18.6 Å². The van der Waals surface area contributed by atoms with Crippen molar-refractivity contribution in [3.8, 4) is 0 Å². The number of pyridine rings is 1. The molecule has 2 atom stereocenters. The summed E-state index contributed by atoms with van der Waals surface area (Å²) in [5.74, 6) is 0.207. The zero-order valence-electron chi connectivity index (χ0n) is 12.6. The first kappa shape index (κ1) is 13.5. The number of aryl methyl sites for hydroxylation is 1. The summed E-state index contributed by atoms with van der Waals surface area (Å²) in [6, 6.07) is 4.43. The molecule has 22 heavy (non-hydrogen) atoms. The van der Waals surface area contributed by atoms with Crippen molar-refractivity contribution in [2.45, 2.75) is 31.5 Å². The number of hydrogen-bond donors (Lipinski definition) is 0. The van der Waals surface area contributed by atoms with Crippen molar-refractivity contribution >= 4 is 11.6 Å². The Kier molecular flexibility index (Phi) is 3.18. The fourth-order valence-electron chi connectivity index (χ4n) is 3.74. The van der Waals surface area contributed by atoms with Crippen LogP contribution >= 0.6 is 0 Å². The Morgan fingerprint density at radius 2 is 2.23 bits per heavy atom. The van der Waals surface area contributed by atoms with Crippen LogP contribution in [-0.2, 0) is 18.4 Å². The van der Waals surface area contributed by atoms with Crippen LogP contribution in [0.25, 0.3) is 0 Å². The third kappa shape index (κ3) is 2.20. The predicted molar refractivity (Wildman–Crippen MR) is 82.2 cm³/mol. The topological polar surface area (TPSA) is 54.3 Å². The number of fused-ring (bicyclic) bond motifs is 1. The third-order valence-corrected chi connectivity index (χ3v) is 4.68. The average Bonchev–Trinajstić information content (AvgIpc) is 3.17. The lowest BCUT2D eigenvalue weighted by atomic mass is 10.1. The molecule has 0 bridgehead atoms. The second kappa shape index (κ2) is 5.21. The fraction of sp³-hybridized carbons (Fsp3) is 0.438. The Labute approximate surface area is 129 Å². The standard InChI is InChI=1S/C16H19N5O/c1-19-10-12(8-18-19)11-20-6-4-14-15(20)7-16(22)21(14)13-3-2-5-17-9-13/h2-3,5,8-10,14-15H,4,6-7,11H2,1H3. The molecule has 6 nitrogen and oxygen atoms in total. The van der Waals surface area contributed by atoms with Crippen molar-refractivity contribution in [3.63, 3.8) is 0 Å². The lowest BCUT2D eigenvalue weighted by Gasteiger charge is -2.25. The molecule has 4 rings (SSSR count). The maximum atomic E-state index is 12.4. The van der Waals surface area contributed by atoms with Crippen LogP contribution in [-0.4, -0.2) is 44.2 Å². The van der Waals surface area contributed by atoms with Gasteiger partial charge in [-0.1, -0.05) is 0 Å². The van der Waals surface area contributed by atoms with E-state index in [-0.39, 0.29) is 11.9 Å². The van der Waals surface area contributed by atoms with E-state index < -0.39 is 0 Å². The zero-order chi connectivity index (χ0) is 15.1. The summed E-state index contributed by atoms with van der Waals surface area (Å²) in [7, 11) is 1.93. The molecule has 0 aromatic carbocycles. The Hall–Kier alpha value is -2.21. The number of amides is 1. The number of nitrogens with zero attached hydrogens (tertiary/aromatic N) is 5. The maximum Gasteiger partial charge on any atom is 0.229 e. The van der Waals surface area contributed by atoms with Crippen LogP contribution in [0.2, 0.25) is 0 Å². The summed E-state index contributed by atoms with van der Waals surface area (Å²) >= 11 is 0. The van der Waals surface area contributed by atoms with E-state index in [1.165, 1.54) is 5.56 Å². The van der Waals surface area contributed by atoms with E-state index in [1.807, 2.05) is 41.2 Å².